The average Bonchev–Trinajstić information content (AvgIpc) is 2.79. The van der Waals surface area contributed by atoms with Crippen LogP contribution in [-0.4, -0.2) is 21.3 Å². The number of aromatic nitrogens is 2. The summed E-state index contributed by atoms with van der Waals surface area (Å²) >= 11 is 0. The van der Waals surface area contributed by atoms with Crippen molar-refractivity contribution >= 4 is 5.97 Å². The van der Waals surface area contributed by atoms with Gasteiger partial charge in [0.15, 0.2) is 0 Å². The molecule has 0 spiro atoms. The normalized spacial score (nSPS) is 11.4. The summed E-state index contributed by atoms with van der Waals surface area (Å²) in [4.78, 5) is 11.3. The van der Waals surface area contributed by atoms with Crippen molar-refractivity contribution in [3.05, 3.63) is 42.1 Å². The van der Waals surface area contributed by atoms with Crippen molar-refractivity contribution in [1.82, 2.24) is 10.2 Å². The number of carboxylic acid groups (broad SMARTS) is 1. The maximum Gasteiger partial charge on any atom is 0.313 e. The van der Waals surface area contributed by atoms with Crippen LogP contribution in [0.25, 0.3) is 11.3 Å². The Labute approximate surface area is 99.3 Å². The van der Waals surface area contributed by atoms with Gasteiger partial charge in [0.1, 0.15) is 0 Å². The second-order valence-corrected chi connectivity index (χ2v) is 4.45. The predicted octanol–water partition coefficient (Wildman–Crippen LogP) is 2.44. The Bertz CT molecular complexity index is 529. The third-order valence-electron chi connectivity index (χ3n) is 2.91. The lowest BCUT2D eigenvalue weighted by Crippen LogP contribution is -2.28. The summed E-state index contributed by atoms with van der Waals surface area (Å²) in [5.41, 5.74) is 1.43. The molecule has 0 fully saturated rings. The highest BCUT2D eigenvalue weighted by Gasteiger charge is 2.33. The fraction of sp³-hybridized carbons (Fsp3) is 0.231. The molecule has 88 valence electrons. The van der Waals surface area contributed by atoms with Gasteiger partial charge in [-0.25, -0.2) is 0 Å². The number of hydrogen-bond acceptors (Lipinski definition) is 2. The number of aliphatic carboxylic acids is 1. The van der Waals surface area contributed by atoms with Crippen molar-refractivity contribution in [2.45, 2.75) is 19.3 Å². The Balaban J connectivity index is 2.53. The summed E-state index contributed by atoms with van der Waals surface area (Å²) < 4.78 is 0. The summed E-state index contributed by atoms with van der Waals surface area (Å²) in [6.07, 6.45) is 1.58. The van der Waals surface area contributed by atoms with Gasteiger partial charge in [-0.1, -0.05) is 30.3 Å². The largest absolute Gasteiger partial charge is 0.481 e. The van der Waals surface area contributed by atoms with E-state index in [2.05, 4.69) is 10.2 Å². The van der Waals surface area contributed by atoms with Gasteiger partial charge in [0.05, 0.1) is 17.3 Å². The molecule has 1 heterocycles. The van der Waals surface area contributed by atoms with Crippen LogP contribution < -0.4 is 0 Å². The minimum Gasteiger partial charge on any atom is -0.481 e. The van der Waals surface area contributed by atoms with Gasteiger partial charge >= 0.3 is 5.97 Å². The first-order chi connectivity index (χ1) is 8.03. The molecule has 0 aliphatic rings. The average molecular weight is 230 g/mol. The molecule has 2 aromatic rings. The number of carbonyl (C=O) groups is 1. The van der Waals surface area contributed by atoms with E-state index in [-0.39, 0.29) is 0 Å². The van der Waals surface area contributed by atoms with E-state index in [0.29, 0.717) is 5.56 Å². The van der Waals surface area contributed by atoms with Crippen LogP contribution in [0.1, 0.15) is 19.4 Å². The fourth-order valence-electron chi connectivity index (χ4n) is 1.70. The molecule has 0 unspecified atom stereocenters. The van der Waals surface area contributed by atoms with Gasteiger partial charge in [-0.2, -0.15) is 5.10 Å². The molecule has 4 heteroatoms. The van der Waals surface area contributed by atoms with Gasteiger partial charge in [0.2, 0.25) is 0 Å². The molecule has 0 saturated carbocycles. The second-order valence-electron chi connectivity index (χ2n) is 4.45. The monoisotopic (exact) mass is 230 g/mol. The van der Waals surface area contributed by atoms with Crippen molar-refractivity contribution in [2.75, 3.05) is 0 Å². The fourth-order valence-corrected chi connectivity index (χ4v) is 1.70. The lowest BCUT2D eigenvalue weighted by atomic mass is 9.84. The summed E-state index contributed by atoms with van der Waals surface area (Å²) in [6.45, 7) is 3.35. The van der Waals surface area contributed by atoms with Gasteiger partial charge in [-0.05, 0) is 19.4 Å². The van der Waals surface area contributed by atoms with Crippen LogP contribution in [0, 0.1) is 0 Å². The first-order valence-corrected chi connectivity index (χ1v) is 5.36. The van der Waals surface area contributed by atoms with Crippen LogP contribution in [0.2, 0.25) is 0 Å². The summed E-state index contributed by atoms with van der Waals surface area (Å²) in [7, 11) is 0. The second kappa shape index (κ2) is 4.05. The number of nitrogens with zero attached hydrogens (tertiary/aromatic N) is 1. The zero-order valence-electron chi connectivity index (χ0n) is 9.77. The van der Waals surface area contributed by atoms with E-state index in [0.717, 1.165) is 11.3 Å². The minimum absolute atomic E-state index is 0.691. The number of H-pyrrole nitrogens is 1. The van der Waals surface area contributed by atoms with E-state index in [1.54, 1.807) is 20.0 Å². The van der Waals surface area contributed by atoms with Crippen molar-refractivity contribution in [3.63, 3.8) is 0 Å². The van der Waals surface area contributed by atoms with E-state index in [1.807, 2.05) is 30.3 Å². The third kappa shape index (κ3) is 1.93. The first kappa shape index (κ1) is 11.4. The molecule has 0 aliphatic carbocycles. The van der Waals surface area contributed by atoms with Crippen molar-refractivity contribution < 1.29 is 9.90 Å². The molecule has 1 aromatic heterocycles. The Morgan fingerprint density at radius 3 is 2.53 bits per heavy atom. The molecule has 0 bridgehead atoms. The van der Waals surface area contributed by atoms with Gasteiger partial charge in [0, 0.05) is 5.56 Å². The molecule has 17 heavy (non-hydrogen) atoms. The summed E-state index contributed by atoms with van der Waals surface area (Å²) in [6, 6.07) is 9.59. The van der Waals surface area contributed by atoms with Crippen molar-refractivity contribution in [3.8, 4) is 11.3 Å². The molecule has 0 radical (unpaired) electrons. The van der Waals surface area contributed by atoms with E-state index in [1.165, 1.54) is 0 Å². The topological polar surface area (TPSA) is 66.0 Å². The lowest BCUT2D eigenvalue weighted by Gasteiger charge is -2.19. The molecule has 0 atom stereocenters. The van der Waals surface area contributed by atoms with Gasteiger partial charge < -0.3 is 5.11 Å². The van der Waals surface area contributed by atoms with Crippen molar-refractivity contribution in [2.24, 2.45) is 0 Å². The Kier molecular flexibility index (Phi) is 2.71. The van der Waals surface area contributed by atoms with Crippen molar-refractivity contribution in [1.29, 1.82) is 0 Å². The van der Waals surface area contributed by atoms with Crippen LogP contribution >= 0.6 is 0 Å². The third-order valence-corrected chi connectivity index (χ3v) is 2.91. The molecule has 0 aliphatic heterocycles. The van der Waals surface area contributed by atoms with E-state index in [4.69, 9.17) is 0 Å². The molecule has 0 saturated heterocycles. The number of hydrogen-bond donors (Lipinski definition) is 2. The molecule has 2 N–H and O–H groups in total. The quantitative estimate of drug-likeness (QED) is 0.851. The summed E-state index contributed by atoms with van der Waals surface area (Å²) in [5.74, 6) is -0.865. The maximum atomic E-state index is 11.3. The molecule has 2 rings (SSSR count). The molecular formula is C13H14N2O2. The maximum absolute atomic E-state index is 11.3. The number of nitrogens with one attached hydrogen (secondary N) is 1. The van der Waals surface area contributed by atoms with E-state index < -0.39 is 11.4 Å². The van der Waals surface area contributed by atoms with Gasteiger partial charge in [-0.15, -0.1) is 0 Å². The van der Waals surface area contributed by atoms with Crippen LogP contribution in [0.5, 0.6) is 0 Å². The highest BCUT2D eigenvalue weighted by atomic mass is 16.4. The standard InChI is InChI=1S/C13H14N2O2/c1-13(2,12(16)17)10-8-14-15-11(10)9-6-4-3-5-7-9/h3-8H,1-2H3,(H,14,15)(H,16,17). The van der Waals surface area contributed by atoms with Crippen LogP contribution in [0.15, 0.2) is 36.5 Å². The number of aromatic amines is 1. The number of benzene rings is 1. The molecular weight excluding hydrogens is 216 g/mol. The van der Waals surface area contributed by atoms with Crippen LogP contribution in [0.3, 0.4) is 0 Å². The summed E-state index contributed by atoms with van der Waals surface area (Å²) in [5, 5.41) is 16.1. The smallest absolute Gasteiger partial charge is 0.313 e. The first-order valence-electron chi connectivity index (χ1n) is 5.36. The Morgan fingerprint density at radius 2 is 1.94 bits per heavy atom. The Morgan fingerprint density at radius 1 is 1.29 bits per heavy atom. The molecule has 1 aromatic carbocycles. The SMILES string of the molecule is CC(C)(C(=O)O)c1cn[nH]c1-c1ccccc1. The van der Waals surface area contributed by atoms with Gasteiger partial charge in [0.25, 0.3) is 0 Å². The molecule has 0 amide bonds. The van der Waals surface area contributed by atoms with Crippen LogP contribution in [0.4, 0.5) is 0 Å². The van der Waals surface area contributed by atoms with E-state index >= 15 is 0 Å². The lowest BCUT2D eigenvalue weighted by molar-refractivity contribution is -0.142. The van der Waals surface area contributed by atoms with Gasteiger partial charge in [-0.3, -0.25) is 9.89 Å². The highest BCUT2D eigenvalue weighted by molar-refractivity contribution is 5.83. The Hall–Kier alpha value is -2.10. The minimum atomic E-state index is -0.960. The van der Waals surface area contributed by atoms with Crippen LogP contribution in [-0.2, 0) is 10.2 Å². The number of carboxylic acids is 1. The zero-order chi connectivity index (χ0) is 12.5. The highest BCUT2D eigenvalue weighted by Crippen LogP contribution is 2.31. The van der Waals surface area contributed by atoms with E-state index in [9.17, 15) is 9.90 Å². The predicted molar refractivity (Wildman–Crippen MR) is 64.7 cm³/mol. The number of rotatable bonds is 3. The molecule has 4 nitrogen and oxygen atoms in total. The zero-order valence-corrected chi connectivity index (χ0v) is 9.77.